The van der Waals surface area contributed by atoms with E-state index in [2.05, 4.69) is 38.9 Å². The summed E-state index contributed by atoms with van der Waals surface area (Å²) in [4.78, 5) is 33.4. The average Bonchev–Trinajstić information content (AvgIpc) is 2.86. The second-order valence-electron chi connectivity index (χ2n) is 7.54. The van der Waals surface area contributed by atoms with Gasteiger partial charge in [0.25, 0.3) is 11.5 Å². The molecule has 3 aromatic rings. The third kappa shape index (κ3) is 5.49. The van der Waals surface area contributed by atoms with E-state index in [0.29, 0.717) is 12.1 Å². The first-order valence-corrected chi connectivity index (χ1v) is 10.7. The van der Waals surface area contributed by atoms with Crippen molar-refractivity contribution in [3.05, 3.63) is 105 Å². The quantitative estimate of drug-likeness (QED) is 0.349. The molecule has 2 heterocycles. The van der Waals surface area contributed by atoms with Crippen LogP contribution in [0.25, 0.3) is 0 Å². The lowest BCUT2D eigenvalue weighted by molar-refractivity contribution is 0.0978. The van der Waals surface area contributed by atoms with E-state index >= 15 is 0 Å². The number of amides is 1. The Kier molecular flexibility index (Phi) is 6.86. The second kappa shape index (κ2) is 10.3. The van der Waals surface area contributed by atoms with Crippen molar-refractivity contribution in [3.8, 4) is 0 Å². The SMILES string of the molecule is CCc1ccccc1N=CNC(=O)c1cccc(Cn2nc(C3C=C=C=NC3)ccc2=O)c1. The number of nitrogens with zero attached hydrogens (tertiary/aromatic N) is 4. The van der Waals surface area contributed by atoms with Crippen molar-refractivity contribution < 1.29 is 4.79 Å². The fourth-order valence-electron chi connectivity index (χ4n) is 3.50. The Balaban J connectivity index is 1.47. The van der Waals surface area contributed by atoms with Crippen LogP contribution in [0.4, 0.5) is 5.69 Å². The summed E-state index contributed by atoms with van der Waals surface area (Å²) in [6, 6.07) is 18.1. The van der Waals surface area contributed by atoms with Crippen LogP contribution in [0.1, 0.15) is 40.0 Å². The van der Waals surface area contributed by atoms with Gasteiger partial charge in [0.15, 0.2) is 0 Å². The van der Waals surface area contributed by atoms with E-state index in [9.17, 15) is 9.59 Å². The van der Waals surface area contributed by atoms with Crippen molar-refractivity contribution in [2.24, 2.45) is 9.98 Å². The zero-order valence-corrected chi connectivity index (χ0v) is 18.2. The highest BCUT2D eigenvalue weighted by molar-refractivity contribution is 6.01. The number of aromatic nitrogens is 2. The Morgan fingerprint density at radius 1 is 1.21 bits per heavy atom. The van der Waals surface area contributed by atoms with E-state index < -0.39 is 0 Å². The zero-order valence-electron chi connectivity index (χ0n) is 18.2. The van der Waals surface area contributed by atoms with Crippen molar-refractivity contribution in [2.45, 2.75) is 25.8 Å². The van der Waals surface area contributed by atoms with Gasteiger partial charge in [0, 0.05) is 23.4 Å². The van der Waals surface area contributed by atoms with Crippen LogP contribution in [-0.4, -0.2) is 34.4 Å². The molecule has 1 atom stereocenters. The van der Waals surface area contributed by atoms with Gasteiger partial charge in [-0.25, -0.2) is 14.7 Å². The monoisotopic (exact) mass is 437 g/mol. The third-order valence-corrected chi connectivity index (χ3v) is 5.28. The molecule has 0 bridgehead atoms. The third-order valence-electron chi connectivity index (χ3n) is 5.28. The Bertz CT molecular complexity index is 1360. The van der Waals surface area contributed by atoms with Crippen LogP contribution < -0.4 is 10.9 Å². The summed E-state index contributed by atoms with van der Waals surface area (Å²) < 4.78 is 1.39. The van der Waals surface area contributed by atoms with Gasteiger partial charge in [-0.05, 0) is 47.9 Å². The number of aliphatic imine (C=N–C) groups is 2. The molecule has 33 heavy (non-hydrogen) atoms. The molecule has 1 unspecified atom stereocenters. The number of carbonyl (C=O) groups excluding carboxylic acids is 1. The second-order valence-corrected chi connectivity index (χ2v) is 7.54. The van der Waals surface area contributed by atoms with Crippen LogP contribution in [0, 0.1) is 0 Å². The average molecular weight is 438 g/mol. The smallest absolute Gasteiger partial charge is 0.267 e. The fourth-order valence-corrected chi connectivity index (χ4v) is 3.50. The molecule has 7 nitrogen and oxygen atoms in total. The fraction of sp³-hybridized carbons (Fsp3) is 0.192. The van der Waals surface area contributed by atoms with Crippen molar-refractivity contribution in [1.82, 2.24) is 15.1 Å². The van der Waals surface area contributed by atoms with E-state index in [0.717, 1.165) is 28.9 Å². The predicted octanol–water partition coefficient (Wildman–Crippen LogP) is 3.42. The lowest BCUT2D eigenvalue weighted by atomic mass is 10.0. The number of benzene rings is 2. The maximum absolute atomic E-state index is 12.6. The first-order chi connectivity index (χ1) is 16.1. The minimum atomic E-state index is -0.277. The molecule has 4 rings (SSSR count). The van der Waals surface area contributed by atoms with Crippen molar-refractivity contribution >= 4 is 23.8 Å². The van der Waals surface area contributed by atoms with E-state index in [1.165, 1.54) is 17.1 Å². The van der Waals surface area contributed by atoms with Gasteiger partial charge in [0.05, 0.1) is 30.8 Å². The molecular weight excluding hydrogens is 414 g/mol. The molecule has 0 saturated heterocycles. The van der Waals surface area contributed by atoms with E-state index in [4.69, 9.17) is 0 Å². The lowest BCUT2D eigenvalue weighted by Gasteiger charge is -2.12. The van der Waals surface area contributed by atoms with Crippen molar-refractivity contribution in [3.63, 3.8) is 0 Å². The van der Waals surface area contributed by atoms with Gasteiger partial charge in [-0.3, -0.25) is 9.59 Å². The molecule has 1 N–H and O–H groups in total. The summed E-state index contributed by atoms with van der Waals surface area (Å²) in [5, 5.41) is 7.20. The Hall–Kier alpha value is -4.31. The van der Waals surface area contributed by atoms with Crippen LogP contribution in [0.5, 0.6) is 0 Å². The van der Waals surface area contributed by atoms with Crippen LogP contribution in [0.2, 0.25) is 0 Å². The largest absolute Gasteiger partial charge is 0.313 e. The molecule has 0 saturated carbocycles. The molecule has 0 radical (unpaired) electrons. The summed E-state index contributed by atoms with van der Waals surface area (Å²) in [5.74, 6) is 2.36. The van der Waals surface area contributed by atoms with Crippen molar-refractivity contribution in [2.75, 3.05) is 6.54 Å². The molecular formula is C26H23N5O2. The van der Waals surface area contributed by atoms with E-state index in [1.807, 2.05) is 36.4 Å². The summed E-state index contributed by atoms with van der Waals surface area (Å²) >= 11 is 0. The zero-order chi connectivity index (χ0) is 23.0. The number of aryl methyl sites for hydroxylation is 1. The normalized spacial score (nSPS) is 14.6. The Labute approximate surface area is 191 Å². The lowest BCUT2D eigenvalue weighted by Crippen LogP contribution is -2.25. The maximum Gasteiger partial charge on any atom is 0.267 e. The van der Waals surface area contributed by atoms with Gasteiger partial charge in [0.2, 0.25) is 0 Å². The summed E-state index contributed by atoms with van der Waals surface area (Å²) in [6.45, 7) is 2.84. The first kappa shape index (κ1) is 21.9. The molecule has 7 heteroatoms. The molecule has 2 aromatic carbocycles. The summed E-state index contributed by atoms with van der Waals surface area (Å²) in [6.07, 6.45) is 4.11. The van der Waals surface area contributed by atoms with Crippen LogP contribution in [0.15, 0.2) is 87.3 Å². The van der Waals surface area contributed by atoms with Gasteiger partial charge in [-0.15, -0.1) is 0 Å². The van der Waals surface area contributed by atoms with Gasteiger partial charge >= 0.3 is 0 Å². The molecule has 1 aliphatic heterocycles. The van der Waals surface area contributed by atoms with Crippen LogP contribution in [-0.2, 0) is 13.0 Å². The number of rotatable bonds is 7. The van der Waals surface area contributed by atoms with E-state index in [1.54, 1.807) is 24.3 Å². The number of hydrogen-bond donors (Lipinski definition) is 1. The molecule has 0 spiro atoms. The maximum atomic E-state index is 12.6. The molecule has 0 fully saturated rings. The molecule has 164 valence electrons. The minimum absolute atomic E-state index is 0.0349. The van der Waals surface area contributed by atoms with Gasteiger partial charge in [0.1, 0.15) is 0 Å². The van der Waals surface area contributed by atoms with Crippen molar-refractivity contribution in [1.29, 1.82) is 0 Å². The summed E-state index contributed by atoms with van der Waals surface area (Å²) in [5.41, 5.74) is 6.57. The highest BCUT2D eigenvalue weighted by atomic mass is 16.1. The van der Waals surface area contributed by atoms with Crippen LogP contribution in [0.3, 0.4) is 0 Å². The standard InChI is InChI=1S/C26H23N5O2/c1-2-20-8-3-4-11-23(20)28-18-29-26(33)21-9-5-7-19(15-21)17-31-25(32)13-12-24(30-31)22-10-6-14-27-16-22/h3-5,7-13,15,18,22H,2,16-17H2,1H3,(H,28,29,33). The molecule has 1 amide bonds. The molecule has 0 aliphatic carbocycles. The van der Waals surface area contributed by atoms with Gasteiger partial charge in [-0.2, -0.15) is 5.10 Å². The molecule has 1 aliphatic rings. The summed E-state index contributed by atoms with van der Waals surface area (Å²) in [7, 11) is 0. The Morgan fingerprint density at radius 2 is 2.09 bits per heavy atom. The number of nitrogens with one attached hydrogen (secondary N) is 1. The van der Waals surface area contributed by atoms with Gasteiger partial charge in [-0.1, -0.05) is 43.0 Å². The van der Waals surface area contributed by atoms with Crippen LogP contribution >= 0.6 is 0 Å². The van der Waals surface area contributed by atoms with Gasteiger partial charge < -0.3 is 5.32 Å². The number of para-hydroxylation sites is 1. The number of carbonyl (C=O) groups is 1. The number of hydrogen-bond acceptors (Lipinski definition) is 5. The topological polar surface area (TPSA) is 88.7 Å². The molecule has 1 aromatic heterocycles. The highest BCUT2D eigenvalue weighted by Crippen LogP contribution is 2.18. The first-order valence-electron chi connectivity index (χ1n) is 10.7. The highest BCUT2D eigenvalue weighted by Gasteiger charge is 2.13. The minimum Gasteiger partial charge on any atom is -0.313 e. The Morgan fingerprint density at radius 3 is 2.91 bits per heavy atom. The predicted molar refractivity (Wildman–Crippen MR) is 129 cm³/mol. The van der Waals surface area contributed by atoms with E-state index in [-0.39, 0.29) is 23.9 Å².